The molecule has 15 heavy (non-hydrogen) atoms. The van der Waals surface area contributed by atoms with E-state index in [0.717, 1.165) is 30.3 Å². The molecule has 3 rings (SSSR count). The Balaban J connectivity index is 1.85. The summed E-state index contributed by atoms with van der Waals surface area (Å²) in [5, 5.41) is 0. The third kappa shape index (κ3) is 1.54. The van der Waals surface area contributed by atoms with Crippen LogP contribution in [0.4, 0.5) is 0 Å². The Kier molecular flexibility index (Phi) is 1.84. The molecule has 0 atom stereocenters. The fraction of sp³-hybridized carbons (Fsp3) is 0.636. The van der Waals surface area contributed by atoms with Gasteiger partial charge >= 0.3 is 0 Å². The first kappa shape index (κ1) is 8.95. The number of oxazole rings is 1. The molecule has 2 heterocycles. The van der Waals surface area contributed by atoms with Crippen molar-refractivity contribution in [3.63, 3.8) is 0 Å². The lowest BCUT2D eigenvalue weighted by Crippen LogP contribution is -2.33. The van der Waals surface area contributed by atoms with E-state index in [-0.39, 0.29) is 5.91 Å². The van der Waals surface area contributed by atoms with Gasteiger partial charge in [0, 0.05) is 25.8 Å². The van der Waals surface area contributed by atoms with E-state index in [0.29, 0.717) is 12.5 Å². The fourth-order valence-electron chi connectivity index (χ4n) is 1.99. The van der Waals surface area contributed by atoms with Crippen LogP contribution in [0.3, 0.4) is 0 Å². The van der Waals surface area contributed by atoms with Crippen LogP contribution in [0.5, 0.6) is 0 Å². The number of fused-ring (bicyclic) bond motifs is 1. The number of carbonyl (C=O) groups excluding carboxylic acids is 1. The lowest BCUT2D eigenvalue weighted by Gasteiger charge is -2.23. The number of hydrogen-bond acceptors (Lipinski definition) is 3. The molecule has 0 radical (unpaired) electrons. The summed E-state index contributed by atoms with van der Waals surface area (Å²) in [4.78, 5) is 17.5. The zero-order valence-corrected chi connectivity index (χ0v) is 8.82. The number of carbonyl (C=O) groups is 1. The van der Waals surface area contributed by atoms with Gasteiger partial charge in [-0.2, -0.15) is 0 Å². The van der Waals surface area contributed by atoms with Crippen molar-refractivity contribution in [2.75, 3.05) is 6.54 Å². The summed E-state index contributed by atoms with van der Waals surface area (Å²) in [6, 6.07) is 0. The molecule has 4 nitrogen and oxygen atoms in total. The molecule has 0 aromatic carbocycles. The second-order valence-corrected chi connectivity index (χ2v) is 4.39. The zero-order valence-electron chi connectivity index (χ0n) is 8.82. The Morgan fingerprint density at radius 1 is 1.53 bits per heavy atom. The normalized spacial score (nSPS) is 20.2. The van der Waals surface area contributed by atoms with Crippen molar-refractivity contribution >= 4 is 5.91 Å². The van der Waals surface area contributed by atoms with Crippen LogP contribution >= 0.6 is 0 Å². The molecule has 2 aliphatic rings. The molecule has 1 fully saturated rings. The molecule has 1 saturated carbocycles. The van der Waals surface area contributed by atoms with Crippen LogP contribution in [-0.4, -0.2) is 22.3 Å². The molecule has 1 aromatic heterocycles. The van der Waals surface area contributed by atoms with Crippen LogP contribution in [0.2, 0.25) is 0 Å². The molecule has 80 valence electrons. The SMILES string of the molecule is CC(=O)N1CCc2nc(C3CC3)oc2C1. The molecular weight excluding hydrogens is 192 g/mol. The highest BCUT2D eigenvalue weighted by molar-refractivity contribution is 5.73. The minimum absolute atomic E-state index is 0.116. The first-order valence-electron chi connectivity index (χ1n) is 5.48. The van der Waals surface area contributed by atoms with Gasteiger partial charge in [0.2, 0.25) is 5.91 Å². The van der Waals surface area contributed by atoms with Gasteiger partial charge in [0.1, 0.15) is 5.76 Å². The summed E-state index contributed by atoms with van der Waals surface area (Å²) < 4.78 is 5.71. The Hall–Kier alpha value is -1.32. The van der Waals surface area contributed by atoms with Crippen LogP contribution in [-0.2, 0) is 17.8 Å². The van der Waals surface area contributed by atoms with Crippen molar-refractivity contribution in [2.24, 2.45) is 0 Å². The highest BCUT2D eigenvalue weighted by Crippen LogP contribution is 2.40. The third-order valence-electron chi connectivity index (χ3n) is 3.12. The van der Waals surface area contributed by atoms with Crippen molar-refractivity contribution < 1.29 is 9.21 Å². The van der Waals surface area contributed by atoms with Gasteiger partial charge in [-0.1, -0.05) is 0 Å². The Bertz CT molecular complexity index is 407. The Morgan fingerprint density at radius 2 is 2.33 bits per heavy atom. The van der Waals surface area contributed by atoms with Gasteiger partial charge in [-0.3, -0.25) is 4.79 Å². The summed E-state index contributed by atoms with van der Waals surface area (Å²) in [5.74, 6) is 2.47. The first-order valence-corrected chi connectivity index (χ1v) is 5.48. The smallest absolute Gasteiger partial charge is 0.219 e. The molecule has 0 saturated heterocycles. The van der Waals surface area contributed by atoms with Crippen LogP contribution in [0.25, 0.3) is 0 Å². The standard InChI is InChI=1S/C11H14N2O2/c1-7(14)13-5-4-9-10(6-13)15-11(12-9)8-2-3-8/h8H,2-6H2,1H3. The maximum Gasteiger partial charge on any atom is 0.219 e. The van der Waals surface area contributed by atoms with E-state index >= 15 is 0 Å². The van der Waals surface area contributed by atoms with E-state index in [1.807, 2.05) is 4.90 Å². The molecule has 0 spiro atoms. The summed E-state index contributed by atoms with van der Waals surface area (Å²) in [7, 11) is 0. The van der Waals surface area contributed by atoms with Crippen LogP contribution in [0.1, 0.15) is 43.0 Å². The van der Waals surface area contributed by atoms with Gasteiger partial charge in [0.25, 0.3) is 0 Å². The first-order chi connectivity index (χ1) is 7.24. The summed E-state index contributed by atoms with van der Waals surface area (Å²) in [6.45, 7) is 2.98. The lowest BCUT2D eigenvalue weighted by molar-refractivity contribution is -0.130. The topological polar surface area (TPSA) is 46.3 Å². The zero-order chi connectivity index (χ0) is 10.4. The van der Waals surface area contributed by atoms with E-state index in [1.54, 1.807) is 6.92 Å². The molecule has 4 heteroatoms. The Morgan fingerprint density at radius 3 is 3.00 bits per heavy atom. The van der Waals surface area contributed by atoms with E-state index in [4.69, 9.17) is 4.42 Å². The Labute approximate surface area is 88.3 Å². The monoisotopic (exact) mass is 206 g/mol. The fourth-order valence-corrected chi connectivity index (χ4v) is 1.99. The van der Waals surface area contributed by atoms with Crippen molar-refractivity contribution in [3.8, 4) is 0 Å². The second kappa shape index (κ2) is 3.08. The van der Waals surface area contributed by atoms with Crippen molar-refractivity contribution in [2.45, 2.75) is 38.6 Å². The summed E-state index contributed by atoms with van der Waals surface area (Å²) in [6.07, 6.45) is 3.25. The molecular formula is C11H14N2O2. The van der Waals surface area contributed by atoms with Crippen LogP contribution in [0, 0.1) is 0 Å². The van der Waals surface area contributed by atoms with E-state index in [2.05, 4.69) is 4.98 Å². The van der Waals surface area contributed by atoms with Gasteiger partial charge in [-0.05, 0) is 12.8 Å². The average Bonchev–Trinajstić information content (AvgIpc) is 2.97. The predicted octanol–water partition coefficient (Wildman–Crippen LogP) is 1.46. The molecule has 0 N–H and O–H groups in total. The third-order valence-corrected chi connectivity index (χ3v) is 3.12. The van der Waals surface area contributed by atoms with Gasteiger partial charge < -0.3 is 9.32 Å². The molecule has 1 amide bonds. The molecule has 1 aliphatic heterocycles. The van der Waals surface area contributed by atoms with Gasteiger partial charge in [-0.15, -0.1) is 0 Å². The van der Waals surface area contributed by atoms with E-state index in [1.165, 1.54) is 12.8 Å². The number of nitrogens with zero attached hydrogens (tertiary/aromatic N) is 2. The van der Waals surface area contributed by atoms with Crippen molar-refractivity contribution in [1.82, 2.24) is 9.88 Å². The highest BCUT2D eigenvalue weighted by atomic mass is 16.4. The number of hydrogen-bond donors (Lipinski definition) is 0. The van der Waals surface area contributed by atoms with Gasteiger partial charge in [0.05, 0.1) is 12.2 Å². The summed E-state index contributed by atoms with van der Waals surface area (Å²) in [5.41, 5.74) is 1.06. The quantitative estimate of drug-likeness (QED) is 0.698. The molecule has 0 bridgehead atoms. The maximum atomic E-state index is 11.2. The van der Waals surface area contributed by atoms with E-state index < -0.39 is 0 Å². The van der Waals surface area contributed by atoms with E-state index in [9.17, 15) is 4.79 Å². The minimum atomic E-state index is 0.116. The lowest BCUT2D eigenvalue weighted by atomic mass is 10.1. The molecule has 1 aromatic rings. The van der Waals surface area contributed by atoms with Gasteiger partial charge in [-0.25, -0.2) is 4.98 Å². The molecule has 0 unspecified atom stereocenters. The van der Waals surface area contributed by atoms with Crippen LogP contribution in [0.15, 0.2) is 4.42 Å². The highest BCUT2D eigenvalue weighted by Gasteiger charge is 2.32. The number of amides is 1. The van der Waals surface area contributed by atoms with Crippen LogP contribution < -0.4 is 0 Å². The average molecular weight is 206 g/mol. The largest absolute Gasteiger partial charge is 0.443 e. The van der Waals surface area contributed by atoms with Crippen molar-refractivity contribution in [3.05, 3.63) is 17.3 Å². The van der Waals surface area contributed by atoms with Crippen molar-refractivity contribution in [1.29, 1.82) is 0 Å². The molecule has 1 aliphatic carbocycles. The number of rotatable bonds is 1. The van der Waals surface area contributed by atoms with Gasteiger partial charge in [0.15, 0.2) is 5.89 Å². The predicted molar refractivity (Wildman–Crippen MR) is 53.3 cm³/mol. The number of aromatic nitrogens is 1. The summed E-state index contributed by atoms with van der Waals surface area (Å²) >= 11 is 0. The second-order valence-electron chi connectivity index (χ2n) is 4.39. The minimum Gasteiger partial charge on any atom is -0.443 e. The maximum absolute atomic E-state index is 11.2.